The molecule has 3 rings (SSSR count). The zero-order chi connectivity index (χ0) is 13.9. The molecule has 1 aliphatic heterocycles. The van der Waals surface area contributed by atoms with Crippen molar-refractivity contribution in [3.8, 4) is 0 Å². The number of aryl methyl sites for hydroxylation is 1. The first-order valence-electron chi connectivity index (χ1n) is 8.15. The number of piperidine rings is 1. The van der Waals surface area contributed by atoms with E-state index in [0.717, 1.165) is 48.4 Å². The van der Waals surface area contributed by atoms with Gasteiger partial charge >= 0.3 is 0 Å². The lowest BCUT2D eigenvalue weighted by atomic mass is 9.75. The third kappa shape index (κ3) is 2.83. The number of hydrogen-bond donors (Lipinski definition) is 1. The van der Waals surface area contributed by atoms with Gasteiger partial charge in [0, 0.05) is 18.8 Å². The molecule has 0 radical (unpaired) electrons. The fourth-order valence-electron chi connectivity index (χ4n) is 3.88. The minimum absolute atomic E-state index is 0.114. The van der Waals surface area contributed by atoms with Gasteiger partial charge in [-0.2, -0.15) is 0 Å². The molecular weight excluding hydrogens is 248 g/mol. The predicted molar refractivity (Wildman–Crippen MR) is 81.8 cm³/mol. The molecule has 3 nitrogen and oxygen atoms in total. The zero-order valence-corrected chi connectivity index (χ0v) is 12.5. The predicted octanol–water partition coefficient (Wildman–Crippen LogP) is 3.15. The van der Waals surface area contributed by atoms with E-state index < -0.39 is 0 Å². The summed E-state index contributed by atoms with van der Waals surface area (Å²) in [5.41, 5.74) is 2.09. The second-order valence-electron chi connectivity index (χ2n) is 6.38. The molecule has 0 spiro atoms. The van der Waals surface area contributed by atoms with Gasteiger partial charge in [0.2, 0.25) is 0 Å². The fourth-order valence-corrected chi connectivity index (χ4v) is 3.88. The van der Waals surface area contributed by atoms with E-state index in [-0.39, 0.29) is 6.61 Å². The lowest BCUT2D eigenvalue weighted by molar-refractivity contribution is 0.202. The van der Waals surface area contributed by atoms with E-state index in [1.807, 2.05) is 6.07 Å². The third-order valence-electron chi connectivity index (χ3n) is 5.08. The van der Waals surface area contributed by atoms with Gasteiger partial charge in [-0.1, -0.05) is 26.2 Å². The molecule has 2 fully saturated rings. The molecule has 2 aliphatic rings. The SMILES string of the molecule is CCc1cc(CO)cc(N2CCC3CCCCC3C2)n1. The van der Waals surface area contributed by atoms with Crippen LogP contribution in [0.5, 0.6) is 0 Å². The van der Waals surface area contributed by atoms with E-state index >= 15 is 0 Å². The van der Waals surface area contributed by atoms with Gasteiger partial charge in [-0.05, 0) is 48.8 Å². The van der Waals surface area contributed by atoms with Crippen molar-refractivity contribution in [2.24, 2.45) is 11.8 Å². The fraction of sp³-hybridized carbons (Fsp3) is 0.706. The molecule has 110 valence electrons. The quantitative estimate of drug-likeness (QED) is 0.920. The Morgan fingerprint density at radius 2 is 2.00 bits per heavy atom. The minimum atomic E-state index is 0.114. The number of aliphatic hydroxyl groups is 1. The third-order valence-corrected chi connectivity index (χ3v) is 5.08. The van der Waals surface area contributed by atoms with E-state index in [9.17, 15) is 5.11 Å². The molecule has 0 amide bonds. The number of hydrogen-bond acceptors (Lipinski definition) is 3. The summed E-state index contributed by atoms with van der Waals surface area (Å²) in [7, 11) is 0. The molecule has 0 aromatic carbocycles. The second kappa shape index (κ2) is 6.13. The van der Waals surface area contributed by atoms with Crippen molar-refractivity contribution in [3.05, 3.63) is 23.4 Å². The molecule has 1 aromatic heterocycles. The number of aromatic nitrogens is 1. The topological polar surface area (TPSA) is 36.4 Å². The van der Waals surface area contributed by atoms with Crippen LogP contribution in [0, 0.1) is 11.8 Å². The second-order valence-corrected chi connectivity index (χ2v) is 6.38. The Kier molecular flexibility index (Phi) is 4.25. The van der Waals surface area contributed by atoms with Crippen molar-refractivity contribution in [2.75, 3.05) is 18.0 Å². The summed E-state index contributed by atoms with van der Waals surface area (Å²) in [5, 5.41) is 9.42. The van der Waals surface area contributed by atoms with Gasteiger partial charge in [0.15, 0.2) is 0 Å². The van der Waals surface area contributed by atoms with E-state index in [0.29, 0.717) is 0 Å². The molecule has 1 aliphatic carbocycles. The Balaban J connectivity index is 1.78. The van der Waals surface area contributed by atoms with Crippen molar-refractivity contribution in [1.29, 1.82) is 0 Å². The number of fused-ring (bicyclic) bond motifs is 1. The van der Waals surface area contributed by atoms with E-state index in [4.69, 9.17) is 4.98 Å². The summed E-state index contributed by atoms with van der Waals surface area (Å²) in [6.07, 6.45) is 7.90. The Morgan fingerprint density at radius 1 is 1.20 bits per heavy atom. The first kappa shape index (κ1) is 13.9. The molecule has 20 heavy (non-hydrogen) atoms. The summed E-state index contributed by atoms with van der Waals surface area (Å²) >= 11 is 0. The van der Waals surface area contributed by atoms with Crippen LogP contribution in [0.4, 0.5) is 5.82 Å². The zero-order valence-electron chi connectivity index (χ0n) is 12.5. The molecule has 2 heterocycles. The molecule has 1 saturated heterocycles. The van der Waals surface area contributed by atoms with Crippen LogP contribution >= 0.6 is 0 Å². The Bertz CT molecular complexity index is 438. The largest absolute Gasteiger partial charge is 0.392 e. The lowest BCUT2D eigenvalue weighted by Crippen LogP contribution is -2.42. The molecule has 1 saturated carbocycles. The summed E-state index contributed by atoms with van der Waals surface area (Å²) in [6.45, 7) is 4.53. The van der Waals surface area contributed by atoms with Gasteiger partial charge in [-0.15, -0.1) is 0 Å². The van der Waals surface area contributed by atoms with Crippen molar-refractivity contribution >= 4 is 5.82 Å². The maximum atomic E-state index is 9.42. The van der Waals surface area contributed by atoms with Crippen LogP contribution in [-0.4, -0.2) is 23.2 Å². The maximum absolute atomic E-state index is 9.42. The Morgan fingerprint density at radius 3 is 2.75 bits per heavy atom. The normalized spacial score (nSPS) is 26.4. The number of anilines is 1. The van der Waals surface area contributed by atoms with Crippen LogP contribution in [0.1, 0.15) is 50.3 Å². The highest BCUT2D eigenvalue weighted by Gasteiger charge is 2.31. The summed E-state index contributed by atoms with van der Waals surface area (Å²) in [4.78, 5) is 7.23. The Labute approximate surface area is 122 Å². The van der Waals surface area contributed by atoms with E-state index in [1.165, 1.54) is 32.1 Å². The van der Waals surface area contributed by atoms with Crippen LogP contribution < -0.4 is 4.90 Å². The molecule has 2 atom stereocenters. The van der Waals surface area contributed by atoms with Gasteiger partial charge in [0.25, 0.3) is 0 Å². The highest BCUT2D eigenvalue weighted by atomic mass is 16.3. The molecule has 1 N–H and O–H groups in total. The Hall–Kier alpha value is -1.09. The van der Waals surface area contributed by atoms with Gasteiger partial charge < -0.3 is 10.0 Å². The molecule has 3 heteroatoms. The van der Waals surface area contributed by atoms with Crippen molar-refractivity contribution < 1.29 is 5.11 Å². The number of nitrogens with zero attached hydrogens (tertiary/aromatic N) is 2. The molecule has 1 aromatic rings. The van der Waals surface area contributed by atoms with E-state index in [2.05, 4.69) is 17.9 Å². The van der Waals surface area contributed by atoms with E-state index in [1.54, 1.807) is 0 Å². The molecule has 2 unspecified atom stereocenters. The van der Waals surface area contributed by atoms with Gasteiger partial charge in [-0.25, -0.2) is 4.98 Å². The average Bonchev–Trinajstić information content (AvgIpc) is 2.53. The number of rotatable bonds is 3. The van der Waals surface area contributed by atoms with Crippen molar-refractivity contribution in [1.82, 2.24) is 4.98 Å². The van der Waals surface area contributed by atoms with Crippen molar-refractivity contribution in [3.63, 3.8) is 0 Å². The van der Waals surface area contributed by atoms with Crippen LogP contribution in [0.2, 0.25) is 0 Å². The number of aliphatic hydroxyl groups excluding tert-OH is 1. The molecule has 0 bridgehead atoms. The van der Waals surface area contributed by atoms with Crippen LogP contribution in [0.25, 0.3) is 0 Å². The van der Waals surface area contributed by atoms with Gasteiger partial charge in [0.1, 0.15) is 5.82 Å². The summed E-state index contributed by atoms with van der Waals surface area (Å²) < 4.78 is 0. The van der Waals surface area contributed by atoms with Gasteiger partial charge in [0.05, 0.1) is 6.61 Å². The standard InChI is InChI=1S/C17H26N2O/c1-2-16-9-13(12-20)10-17(18-16)19-8-7-14-5-3-4-6-15(14)11-19/h9-10,14-15,20H,2-8,11-12H2,1H3. The molecular formula is C17H26N2O. The minimum Gasteiger partial charge on any atom is -0.392 e. The highest BCUT2D eigenvalue weighted by molar-refractivity contribution is 5.43. The smallest absolute Gasteiger partial charge is 0.129 e. The summed E-state index contributed by atoms with van der Waals surface area (Å²) in [5.74, 6) is 2.89. The highest BCUT2D eigenvalue weighted by Crippen LogP contribution is 2.37. The first-order chi connectivity index (χ1) is 9.80. The van der Waals surface area contributed by atoms with Gasteiger partial charge in [-0.3, -0.25) is 0 Å². The van der Waals surface area contributed by atoms with Crippen molar-refractivity contribution in [2.45, 2.75) is 52.1 Å². The van der Waals surface area contributed by atoms with Crippen LogP contribution in [-0.2, 0) is 13.0 Å². The number of pyridine rings is 1. The maximum Gasteiger partial charge on any atom is 0.129 e. The lowest BCUT2D eigenvalue weighted by Gasteiger charge is -2.42. The van der Waals surface area contributed by atoms with Crippen LogP contribution in [0.3, 0.4) is 0 Å². The summed E-state index contributed by atoms with van der Waals surface area (Å²) in [6, 6.07) is 4.10. The average molecular weight is 274 g/mol. The van der Waals surface area contributed by atoms with Crippen LogP contribution in [0.15, 0.2) is 12.1 Å². The first-order valence-corrected chi connectivity index (χ1v) is 8.15. The monoisotopic (exact) mass is 274 g/mol.